The number of anilines is 1. The number of thioether (sulfide) groups is 1. The van der Waals surface area contributed by atoms with E-state index in [1.807, 2.05) is 11.8 Å². The Morgan fingerprint density at radius 3 is 2.88 bits per heavy atom. The Labute approximate surface area is 98.4 Å². The van der Waals surface area contributed by atoms with Crippen molar-refractivity contribution < 1.29 is 4.79 Å². The lowest BCUT2D eigenvalue weighted by Gasteiger charge is -2.30. The molecule has 1 fully saturated rings. The molecule has 6 heteroatoms. The summed E-state index contributed by atoms with van der Waals surface area (Å²) in [5, 5.41) is 0.575. The molecule has 1 aliphatic rings. The smallest absolute Gasteiger partial charge is 0.233 e. The van der Waals surface area contributed by atoms with Crippen LogP contribution in [0.3, 0.4) is 0 Å². The number of carbonyl (C=O) groups is 1. The molecule has 16 heavy (non-hydrogen) atoms. The number of rotatable bonds is 3. The molecule has 2 heterocycles. The Kier molecular flexibility index (Phi) is 3.28. The maximum Gasteiger partial charge on any atom is 0.233 e. The monoisotopic (exact) mass is 238 g/mol. The van der Waals surface area contributed by atoms with E-state index in [1.165, 1.54) is 11.8 Å². The molecule has 5 nitrogen and oxygen atoms in total. The van der Waals surface area contributed by atoms with Gasteiger partial charge < -0.3 is 10.6 Å². The number of aryl methyl sites for hydroxylation is 1. The summed E-state index contributed by atoms with van der Waals surface area (Å²) in [4.78, 5) is 21.7. The standard InChI is InChI=1S/C10H14N4OS/c1-7-5-8(11)13-10(12-7)16-6-9(15)14-3-2-4-14/h5H,2-4,6H2,1H3,(H2,11,12,13). The summed E-state index contributed by atoms with van der Waals surface area (Å²) in [6, 6.07) is 1.71. The Morgan fingerprint density at radius 2 is 2.31 bits per heavy atom. The molecule has 1 aliphatic heterocycles. The fraction of sp³-hybridized carbons (Fsp3) is 0.500. The highest BCUT2D eigenvalue weighted by atomic mass is 32.2. The number of likely N-dealkylation sites (tertiary alicyclic amines) is 1. The fourth-order valence-electron chi connectivity index (χ4n) is 1.41. The van der Waals surface area contributed by atoms with Crippen LogP contribution >= 0.6 is 11.8 Å². The van der Waals surface area contributed by atoms with Gasteiger partial charge in [-0.15, -0.1) is 0 Å². The second-order valence-electron chi connectivity index (χ2n) is 3.74. The van der Waals surface area contributed by atoms with Crippen molar-refractivity contribution in [3.05, 3.63) is 11.8 Å². The first-order valence-electron chi connectivity index (χ1n) is 5.17. The molecule has 0 spiro atoms. The van der Waals surface area contributed by atoms with E-state index in [4.69, 9.17) is 5.73 Å². The van der Waals surface area contributed by atoms with Crippen molar-refractivity contribution >= 4 is 23.5 Å². The van der Waals surface area contributed by atoms with Crippen LogP contribution in [-0.2, 0) is 4.79 Å². The summed E-state index contributed by atoms with van der Waals surface area (Å²) in [5.41, 5.74) is 6.43. The average Bonchev–Trinajstić information content (AvgIpc) is 2.10. The van der Waals surface area contributed by atoms with E-state index in [0.717, 1.165) is 25.2 Å². The molecule has 1 aromatic rings. The third kappa shape index (κ3) is 2.63. The molecule has 0 aromatic carbocycles. The first kappa shape index (κ1) is 11.2. The molecule has 0 bridgehead atoms. The van der Waals surface area contributed by atoms with Crippen LogP contribution in [0.25, 0.3) is 0 Å². The molecular weight excluding hydrogens is 224 g/mol. The van der Waals surface area contributed by atoms with Crippen LogP contribution in [0.5, 0.6) is 0 Å². The molecule has 1 aromatic heterocycles. The van der Waals surface area contributed by atoms with Crippen molar-refractivity contribution in [3.8, 4) is 0 Å². The van der Waals surface area contributed by atoms with Crippen LogP contribution in [0.1, 0.15) is 12.1 Å². The SMILES string of the molecule is Cc1cc(N)nc(SCC(=O)N2CCC2)n1. The minimum Gasteiger partial charge on any atom is -0.384 e. The number of nitrogen functional groups attached to an aromatic ring is 1. The Balaban J connectivity index is 1.91. The maximum atomic E-state index is 11.6. The lowest BCUT2D eigenvalue weighted by atomic mass is 10.2. The summed E-state index contributed by atoms with van der Waals surface area (Å²) in [5.74, 6) is 0.995. The zero-order valence-corrected chi connectivity index (χ0v) is 9.96. The highest BCUT2D eigenvalue weighted by molar-refractivity contribution is 7.99. The normalized spacial score (nSPS) is 14.7. The van der Waals surface area contributed by atoms with Crippen LogP contribution in [0.15, 0.2) is 11.2 Å². The van der Waals surface area contributed by atoms with E-state index >= 15 is 0 Å². The lowest BCUT2D eigenvalue weighted by molar-refractivity contribution is -0.131. The average molecular weight is 238 g/mol. The molecule has 1 amide bonds. The number of carbonyl (C=O) groups excluding carboxylic acids is 1. The Bertz CT molecular complexity index is 386. The topological polar surface area (TPSA) is 72.1 Å². The first-order valence-corrected chi connectivity index (χ1v) is 6.15. The Morgan fingerprint density at radius 1 is 1.56 bits per heavy atom. The zero-order chi connectivity index (χ0) is 11.5. The molecule has 0 aliphatic carbocycles. The summed E-state index contributed by atoms with van der Waals surface area (Å²) >= 11 is 1.34. The first-order chi connectivity index (χ1) is 7.65. The number of nitrogens with zero attached hydrogens (tertiary/aromatic N) is 3. The van der Waals surface area contributed by atoms with Gasteiger partial charge in [0, 0.05) is 24.8 Å². The maximum absolute atomic E-state index is 11.6. The third-order valence-corrected chi connectivity index (χ3v) is 3.22. The number of aromatic nitrogens is 2. The van der Waals surface area contributed by atoms with Crippen molar-refractivity contribution in [2.75, 3.05) is 24.6 Å². The van der Waals surface area contributed by atoms with E-state index in [1.54, 1.807) is 6.07 Å². The van der Waals surface area contributed by atoms with Crippen LogP contribution in [0.4, 0.5) is 5.82 Å². The van der Waals surface area contributed by atoms with Gasteiger partial charge in [0.1, 0.15) is 5.82 Å². The summed E-state index contributed by atoms with van der Waals surface area (Å²) < 4.78 is 0. The fourth-order valence-corrected chi connectivity index (χ4v) is 2.23. The largest absolute Gasteiger partial charge is 0.384 e. The second-order valence-corrected chi connectivity index (χ2v) is 4.68. The number of amides is 1. The molecule has 0 atom stereocenters. The molecule has 0 saturated carbocycles. The summed E-state index contributed by atoms with van der Waals surface area (Å²) in [6.07, 6.45) is 1.12. The van der Waals surface area contributed by atoms with Gasteiger partial charge in [0.2, 0.25) is 5.91 Å². The Hall–Kier alpha value is -1.30. The van der Waals surface area contributed by atoms with Crippen molar-refractivity contribution in [3.63, 3.8) is 0 Å². The van der Waals surface area contributed by atoms with Crippen LogP contribution in [0.2, 0.25) is 0 Å². The van der Waals surface area contributed by atoms with Gasteiger partial charge in [0.05, 0.1) is 5.75 Å². The summed E-state index contributed by atoms with van der Waals surface area (Å²) in [6.45, 7) is 3.63. The van der Waals surface area contributed by atoms with Crippen molar-refractivity contribution in [1.29, 1.82) is 0 Å². The van der Waals surface area contributed by atoms with E-state index in [-0.39, 0.29) is 5.91 Å². The van der Waals surface area contributed by atoms with E-state index < -0.39 is 0 Å². The van der Waals surface area contributed by atoms with E-state index in [2.05, 4.69) is 9.97 Å². The van der Waals surface area contributed by atoms with Gasteiger partial charge in [-0.25, -0.2) is 9.97 Å². The van der Waals surface area contributed by atoms with Crippen LogP contribution in [0, 0.1) is 6.92 Å². The van der Waals surface area contributed by atoms with Gasteiger partial charge in [-0.05, 0) is 13.3 Å². The number of hydrogen-bond donors (Lipinski definition) is 1. The second kappa shape index (κ2) is 4.69. The minimum atomic E-state index is 0.153. The molecule has 1 saturated heterocycles. The van der Waals surface area contributed by atoms with Gasteiger partial charge in [-0.1, -0.05) is 11.8 Å². The van der Waals surface area contributed by atoms with Crippen molar-refractivity contribution in [2.45, 2.75) is 18.5 Å². The molecule has 0 unspecified atom stereocenters. The van der Waals surface area contributed by atoms with Gasteiger partial charge in [-0.3, -0.25) is 4.79 Å². The van der Waals surface area contributed by atoms with Gasteiger partial charge >= 0.3 is 0 Å². The minimum absolute atomic E-state index is 0.153. The van der Waals surface area contributed by atoms with Gasteiger partial charge in [0.15, 0.2) is 5.16 Å². The van der Waals surface area contributed by atoms with Gasteiger partial charge in [0.25, 0.3) is 0 Å². The van der Waals surface area contributed by atoms with E-state index in [9.17, 15) is 4.79 Å². The number of hydrogen-bond acceptors (Lipinski definition) is 5. The highest BCUT2D eigenvalue weighted by Gasteiger charge is 2.20. The quantitative estimate of drug-likeness (QED) is 0.619. The molecule has 2 N–H and O–H groups in total. The van der Waals surface area contributed by atoms with Crippen LogP contribution in [-0.4, -0.2) is 39.6 Å². The molecular formula is C10H14N4OS. The van der Waals surface area contributed by atoms with Gasteiger partial charge in [-0.2, -0.15) is 0 Å². The highest BCUT2D eigenvalue weighted by Crippen LogP contribution is 2.17. The van der Waals surface area contributed by atoms with E-state index in [0.29, 0.717) is 16.7 Å². The van der Waals surface area contributed by atoms with Crippen molar-refractivity contribution in [1.82, 2.24) is 14.9 Å². The predicted octanol–water partition coefficient (Wildman–Crippen LogP) is 0.692. The third-order valence-electron chi connectivity index (χ3n) is 2.39. The zero-order valence-electron chi connectivity index (χ0n) is 9.14. The lowest BCUT2D eigenvalue weighted by Crippen LogP contribution is -2.43. The van der Waals surface area contributed by atoms with Crippen molar-refractivity contribution in [2.24, 2.45) is 0 Å². The molecule has 0 radical (unpaired) electrons. The predicted molar refractivity (Wildman–Crippen MR) is 63.1 cm³/mol. The molecule has 2 rings (SSSR count). The molecule has 86 valence electrons. The van der Waals surface area contributed by atoms with Crippen LogP contribution < -0.4 is 5.73 Å². The number of nitrogens with two attached hydrogens (primary N) is 1. The summed E-state index contributed by atoms with van der Waals surface area (Å²) in [7, 11) is 0.